The first-order valence-corrected chi connectivity index (χ1v) is 8.04. The number of nitrogens with one attached hydrogen (secondary N) is 3. The predicted molar refractivity (Wildman–Crippen MR) is 99.8 cm³/mol. The number of nitrogens with zero attached hydrogens (tertiary/aromatic N) is 2. The van der Waals surface area contributed by atoms with E-state index < -0.39 is 0 Å². The maximum absolute atomic E-state index is 12.9. The minimum atomic E-state index is -0.263. The molecule has 0 aliphatic heterocycles. The molecule has 0 saturated heterocycles. The molecule has 1 aromatic heterocycles. The standard InChI is InChI=1S/C19H18FN5O/c1-13(26)23-16-6-8-17(9-7-16)24-18-10-11-21-19(25-18)22-12-14-2-4-15(20)5-3-14/h2-11H,12H2,1H3,(H,23,26)(H2,21,22,24,25). The molecule has 3 rings (SSSR count). The van der Waals surface area contributed by atoms with Crippen molar-refractivity contribution in [3.8, 4) is 0 Å². The lowest BCUT2D eigenvalue weighted by molar-refractivity contribution is -0.114. The number of benzene rings is 2. The SMILES string of the molecule is CC(=O)Nc1ccc(Nc2ccnc(NCc3ccc(F)cc3)n2)cc1. The molecule has 1 heterocycles. The van der Waals surface area contributed by atoms with Gasteiger partial charge in [-0.2, -0.15) is 4.98 Å². The molecule has 0 radical (unpaired) electrons. The molecule has 0 aliphatic carbocycles. The summed E-state index contributed by atoms with van der Waals surface area (Å²) in [6, 6.07) is 15.3. The molecule has 0 spiro atoms. The molecule has 132 valence electrons. The Morgan fingerprint density at radius 1 is 1.00 bits per heavy atom. The first-order valence-electron chi connectivity index (χ1n) is 8.04. The summed E-state index contributed by atoms with van der Waals surface area (Å²) in [5.74, 6) is 0.724. The Labute approximate surface area is 150 Å². The second kappa shape index (κ2) is 8.06. The van der Waals surface area contributed by atoms with Gasteiger partial charge in [-0.15, -0.1) is 0 Å². The third-order valence-electron chi connectivity index (χ3n) is 3.50. The highest BCUT2D eigenvalue weighted by molar-refractivity contribution is 5.88. The summed E-state index contributed by atoms with van der Waals surface area (Å²) in [6.07, 6.45) is 1.65. The number of carbonyl (C=O) groups is 1. The maximum Gasteiger partial charge on any atom is 0.224 e. The van der Waals surface area contributed by atoms with Crippen LogP contribution in [0.2, 0.25) is 0 Å². The van der Waals surface area contributed by atoms with Gasteiger partial charge in [-0.3, -0.25) is 4.79 Å². The van der Waals surface area contributed by atoms with Crippen molar-refractivity contribution in [2.45, 2.75) is 13.5 Å². The van der Waals surface area contributed by atoms with Gasteiger partial charge >= 0.3 is 0 Å². The Balaban J connectivity index is 1.61. The summed E-state index contributed by atoms with van der Waals surface area (Å²) in [4.78, 5) is 19.6. The summed E-state index contributed by atoms with van der Waals surface area (Å²) >= 11 is 0. The van der Waals surface area contributed by atoms with Crippen molar-refractivity contribution in [1.29, 1.82) is 0 Å². The van der Waals surface area contributed by atoms with Crippen LogP contribution in [0.15, 0.2) is 60.8 Å². The number of amides is 1. The van der Waals surface area contributed by atoms with E-state index >= 15 is 0 Å². The largest absolute Gasteiger partial charge is 0.350 e. The Kier molecular flexibility index (Phi) is 5.38. The molecule has 26 heavy (non-hydrogen) atoms. The molecular weight excluding hydrogens is 333 g/mol. The zero-order valence-electron chi connectivity index (χ0n) is 14.2. The zero-order chi connectivity index (χ0) is 18.4. The topological polar surface area (TPSA) is 78.9 Å². The van der Waals surface area contributed by atoms with Crippen LogP contribution in [0.5, 0.6) is 0 Å². The zero-order valence-corrected chi connectivity index (χ0v) is 14.2. The van der Waals surface area contributed by atoms with Crippen molar-refractivity contribution in [2.75, 3.05) is 16.0 Å². The molecule has 1 amide bonds. The van der Waals surface area contributed by atoms with E-state index in [1.165, 1.54) is 19.1 Å². The van der Waals surface area contributed by atoms with E-state index in [-0.39, 0.29) is 11.7 Å². The van der Waals surface area contributed by atoms with Crippen LogP contribution in [0, 0.1) is 5.82 Å². The van der Waals surface area contributed by atoms with Gasteiger partial charge in [0.1, 0.15) is 11.6 Å². The highest BCUT2D eigenvalue weighted by Crippen LogP contribution is 2.18. The van der Waals surface area contributed by atoms with Crippen LogP contribution in [0.1, 0.15) is 12.5 Å². The number of hydrogen-bond donors (Lipinski definition) is 3. The van der Waals surface area contributed by atoms with E-state index in [1.54, 1.807) is 36.5 Å². The summed E-state index contributed by atoms with van der Waals surface area (Å²) in [5.41, 5.74) is 2.50. The van der Waals surface area contributed by atoms with Gasteiger partial charge in [-0.05, 0) is 48.0 Å². The fourth-order valence-corrected chi connectivity index (χ4v) is 2.28. The van der Waals surface area contributed by atoms with Gasteiger partial charge in [0.25, 0.3) is 0 Å². The average molecular weight is 351 g/mol. The van der Waals surface area contributed by atoms with Gasteiger partial charge in [0.2, 0.25) is 11.9 Å². The Morgan fingerprint density at radius 3 is 2.38 bits per heavy atom. The van der Waals surface area contributed by atoms with Gasteiger partial charge in [0.15, 0.2) is 0 Å². The third-order valence-corrected chi connectivity index (χ3v) is 3.50. The van der Waals surface area contributed by atoms with Gasteiger partial charge in [-0.1, -0.05) is 12.1 Å². The second-order valence-electron chi connectivity index (χ2n) is 5.63. The van der Waals surface area contributed by atoms with Crippen molar-refractivity contribution in [3.05, 3.63) is 72.2 Å². The van der Waals surface area contributed by atoms with Gasteiger partial charge in [-0.25, -0.2) is 9.37 Å². The van der Waals surface area contributed by atoms with Crippen LogP contribution in [0.3, 0.4) is 0 Å². The quantitative estimate of drug-likeness (QED) is 0.627. The molecule has 0 fully saturated rings. The number of rotatable bonds is 6. The summed E-state index contributed by atoms with van der Waals surface area (Å²) in [6.45, 7) is 1.96. The molecule has 0 atom stereocenters. The normalized spacial score (nSPS) is 10.2. The summed E-state index contributed by atoms with van der Waals surface area (Å²) < 4.78 is 12.9. The van der Waals surface area contributed by atoms with Crippen LogP contribution in [-0.4, -0.2) is 15.9 Å². The van der Waals surface area contributed by atoms with Crippen LogP contribution in [0.25, 0.3) is 0 Å². The molecule has 3 aromatic rings. The number of aromatic nitrogens is 2. The molecule has 0 bridgehead atoms. The van der Waals surface area contributed by atoms with Crippen molar-refractivity contribution in [2.24, 2.45) is 0 Å². The lowest BCUT2D eigenvalue weighted by atomic mass is 10.2. The lowest BCUT2D eigenvalue weighted by Crippen LogP contribution is -2.06. The number of hydrogen-bond acceptors (Lipinski definition) is 5. The van der Waals surface area contributed by atoms with Crippen LogP contribution < -0.4 is 16.0 Å². The van der Waals surface area contributed by atoms with Crippen molar-refractivity contribution in [3.63, 3.8) is 0 Å². The summed E-state index contributed by atoms with van der Waals surface area (Å²) in [5, 5.41) is 9.00. The van der Waals surface area contributed by atoms with E-state index in [9.17, 15) is 9.18 Å². The third kappa shape index (κ3) is 5.01. The highest BCUT2D eigenvalue weighted by atomic mass is 19.1. The van der Waals surface area contributed by atoms with Crippen molar-refractivity contribution < 1.29 is 9.18 Å². The van der Waals surface area contributed by atoms with Crippen LogP contribution in [0.4, 0.5) is 27.5 Å². The van der Waals surface area contributed by atoms with E-state index in [2.05, 4.69) is 25.9 Å². The van der Waals surface area contributed by atoms with Crippen LogP contribution >= 0.6 is 0 Å². The average Bonchev–Trinajstić information content (AvgIpc) is 2.63. The monoisotopic (exact) mass is 351 g/mol. The molecular formula is C19H18FN5O. The first kappa shape index (κ1) is 17.3. The first-order chi connectivity index (χ1) is 12.6. The van der Waals surface area contributed by atoms with E-state index in [4.69, 9.17) is 0 Å². The lowest BCUT2D eigenvalue weighted by Gasteiger charge is -2.09. The highest BCUT2D eigenvalue weighted by Gasteiger charge is 2.02. The fourth-order valence-electron chi connectivity index (χ4n) is 2.28. The van der Waals surface area contributed by atoms with Crippen molar-refractivity contribution in [1.82, 2.24) is 9.97 Å². The number of halogens is 1. The fraction of sp³-hybridized carbons (Fsp3) is 0.105. The number of anilines is 4. The van der Waals surface area contributed by atoms with Gasteiger partial charge in [0, 0.05) is 31.0 Å². The Bertz CT molecular complexity index is 881. The minimum Gasteiger partial charge on any atom is -0.350 e. The van der Waals surface area contributed by atoms with E-state index in [0.717, 1.165) is 16.9 Å². The molecule has 0 aliphatic rings. The molecule has 0 unspecified atom stereocenters. The molecule has 0 saturated carbocycles. The van der Waals surface area contributed by atoms with Gasteiger partial charge < -0.3 is 16.0 Å². The predicted octanol–water partition coefficient (Wildman–Crippen LogP) is 3.93. The van der Waals surface area contributed by atoms with E-state index in [1.807, 2.05) is 12.1 Å². The smallest absolute Gasteiger partial charge is 0.224 e. The Hall–Kier alpha value is -3.48. The molecule has 2 aromatic carbocycles. The molecule has 7 heteroatoms. The maximum atomic E-state index is 12.9. The second-order valence-corrected chi connectivity index (χ2v) is 5.63. The summed E-state index contributed by atoms with van der Waals surface area (Å²) in [7, 11) is 0. The van der Waals surface area contributed by atoms with Gasteiger partial charge in [0.05, 0.1) is 0 Å². The Morgan fingerprint density at radius 2 is 1.69 bits per heavy atom. The van der Waals surface area contributed by atoms with Crippen molar-refractivity contribution >= 4 is 29.0 Å². The number of carbonyl (C=O) groups excluding carboxylic acids is 1. The molecule has 6 nitrogen and oxygen atoms in total. The van der Waals surface area contributed by atoms with Crippen LogP contribution in [-0.2, 0) is 11.3 Å². The molecule has 3 N–H and O–H groups in total. The van der Waals surface area contributed by atoms with E-state index in [0.29, 0.717) is 18.3 Å². The minimum absolute atomic E-state index is 0.113.